The average Bonchev–Trinajstić information content (AvgIpc) is 2.49. The fourth-order valence-electron chi connectivity index (χ4n) is 1.58. The van der Waals surface area contributed by atoms with Crippen LogP contribution in [0.1, 0.15) is 29.9 Å². The summed E-state index contributed by atoms with van der Waals surface area (Å²) in [5.41, 5.74) is 0.771. The van der Waals surface area contributed by atoms with Gasteiger partial charge >= 0.3 is 5.97 Å². The molecule has 0 saturated heterocycles. The quantitative estimate of drug-likeness (QED) is 0.617. The number of amides is 1. The summed E-state index contributed by atoms with van der Waals surface area (Å²) in [6.07, 6.45) is 1.43. The summed E-state index contributed by atoms with van der Waals surface area (Å²) in [6.45, 7) is 3.38. The maximum absolute atomic E-state index is 12.0. The fraction of sp³-hybridized carbons (Fsp3) is 0.400. The van der Waals surface area contributed by atoms with Gasteiger partial charge in [0.2, 0.25) is 0 Å². The van der Waals surface area contributed by atoms with E-state index in [-0.39, 0.29) is 18.2 Å². The monoisotopic (exact) mass is 290 g/mol. The third-order valence-corrected chi connectivity index (χ3v) is 2.72. The van der Waals surface area contributed by atoms with Crippen LogP contribution in [0.15, 0.2) is 18.3 Å². The number of esters is 1. The van der Waals surface area contributed by atoms with E-state index in [4.69, 9.17) is 5.11 Å². The summed E-state index contributed by atoms with van der Waals surface area (Å²) >= 11 is 0. The lowest BCUT2D eigenvalue weighted by Gasteiger charge is -2.19. The number of pyridine rings is 1. The van der Waals surface area contributed by atoms with E-state index in [1.165, 1.54) is 19.4 Å². The number of aliphatic hydroxyl groups is 1. The minimum Gasteiger partial charge on any atom is -0.467 e. The van der Waals surface area contributed by atoms with E-state index in [9.17, 15) is 9.59 Å². The molecule has 1 atom stereocenters. The Labute approximate surface area is 123 Å². The molecule has 0 aliphatic heterocycles. The van der Waals surface area contributed by atoms with Crippen molar-refractivity contribution in [2.45, 2.75) is 19.9 Å². The van der Waals surface area contributed by atoms with Crippen LogP contribution in [0.5, 0.6) is 0 Å². The zero-order valence-electron chi connectivity index (χ0n) is 12.2. The zero-order valence-corrected chi connectivity index (χ0v) is 12.2. The Morgan fingerprint density at radius 2 is 2.14 bits per heavy atom. The minimum absolute atomic E-state index is 0.101. The second-order valence-electron chi connectivity index (χ2n) is 4.61. The molecule has 0 saturated carbocycles. The summed E-state index contributed by atoms with van der Waals surface area (Å²) in [5.74, 6) is 4.11. The number of aromatic nitrogens is 1. The molecule has 0 aromatic carbocycles. The number of hydrogen-bond acceptors (Lipinski definition) is 5. The van der Waals surface area contributed by atoms with Crippen molar-refractivity contribution in [3.05, 3.63) is 29.6 Å². The summed E-state index contributed by atoms with van der Waals surface area (Å²) in [6, 6.07) is 2.40. The third-order valence-electron chi connectivity index (χ3n) is 2.72. The van der Waals surface area contributed by atoms with Crippen molar-refractivity contribution < 1.29 is 19.4 Å². The normalized spacial score (nSPS) is 11.3. The Morgan fingerprint density at radius 3 is 2.62 bits per heavy atom. The first kappa shape index (κ1) is 16.7. The van der Waals surface area contributed by atoms with E-state index in [0.717, 1.165) is 0 Å². The lowest BCUT2D eigenvalue weighted by Crippen LogP contribution is -2.45. The summed E-state index contributed by atoms with van der Waals surface area (Å²) < 4.78 is 4.66. The highest BCUT2D eigenvalue weighted by Crippen LogP contribution is 2.06. The molecule has 0 spiro atoms. The molecular formula is C15H18N2O4. The molecule has 1 amide bonds. The van der Waals surface area contributed by atoms with Crippen LogP contribution in [0.4, 0.5) is 0 Å². The van der Waals surface area contributed by atoms with Crippen LogP contribution >= 0.6 is 0 Å². The van der Waals surface area contributed by atoms with Gasteiger partial charge in [-0.2, -0.15) is 0 Å². The molecule has 1 heterocycles. The number of nitrogens with one attached hydrogen (secondary N) is 1. The van der Waals surface area contributed by atoms with Gasteiger partial charge in [-0.15, -0.1) is 0 Å². The van der Waals surface area contributed by atoms with Crippen molar-refractivity contribution in [3.63, 3.8) is 0 Å². The minimum atomic E-state index is -0.724. The molecule has 1 aromatic rings. The van der Waals surface area contributed by atoms with E-state index >= 15 is 0 Å². The van der Waals surface area contributed by atoms with Gasteiger partial charge in [-0.05, 0) is 18.1 Å². The lowest BCUT2D eigenvalue weighted by molar-refractivity contribution is -0.144. The van der Waals surface area contributed by atoms with Gasteiger partial charge in [0.15, 0.2) is 0 Å². The van der Waals surface area contributed by atoms with Crippen LogP contribution in [0.2, 0.25) is 0 Å². The molecule has 6 heteroatoms. The predicted molar refractivity (Wildman–Crippen MR) is 76.3 cm³/mol. The number of methoxy groups -OCH3 is 1. The first-order valence-electron chi connectivity index (χ1n) is 6.44. The first-order chi connectivity index (χ1) is 9.99. The van der Waals surface area contributed by atoms with Gasteiger partial charge in [0.05, 0.1) is 7.11 Å². The van der Waals surface area contributed by atoms with E-state index in [0.29, 0.717) is 5.56 Å². The van der Waals surface area contributed by atoms with Crippen molar-refractivity contribution in [1.82, 2.24) is 10.3 Å². The molecule has 1 unspecified atom stereocenters. The van der Waals surface area contributed by atoms with E-state index in [1.54, 1.807) is 6.07 Å². The number of rotatable bonds is 4. The molecular weight excluding hydrogens is 272 g/mol. The predicted octanol–water partition coefficient (Wildman–Crippen LogP) is 0.353. The highest BCUT2D eigenvalue weighted by atomic mass is 16.5. The van der Waals surface area contributed by atoms with Crippen LogP contribution in [0.3, 0.4) is 0 Å². The summed E-state index contributed by atoms with van der Waals surface area (Å²) in [4.78, 5) is 27.6. The summed E-state index contributed by atoms with van der Waals surface area (Å²) in [5, 5.41) is 11.2. The molecule has 1 aromatic heterocycles. The number of aliphatic hydroxyl groups excluding tert-OH is 1. The molecule has 0 aliphatic rings. The van der Waals surface area contributed by atoms with Gasteiger partial charge in [-0.3, -0.25) is 4.79 Å². The van der Waals surface area contributed by atoms with E-state index in [1.807, 2.05) is 13.8 Å². The lowest BCUT2D eigenvalue weighted by atomic mass is 10.0. The van der Waals surface area contributed by atoms with Crippen LogP contribution < -0.4 is 5.32 Å². The maximum Gasteiger partial charge on any atom is 0.328 e. The van der Waals surface area contributed by atoms with Crippen molar-refractivity contribution in [2.75, 3.05) is 13.7 Å². The topological polar surface area (TPSA) is 88.5 Å². The van der Waals surface area contributed by atoms with Gasteiger partial charge in [-0.1, -0.05) is 25.7 Å². The van der Waals surface area contributed by atoms with Crippen LogP contribution in [0.25, 0.3) is 0 Å². The standard InChI is InChI=1S/C15H18N2O4/c1-10(2)13(15(20)21-3)17-14(19)12-7-6-11(9-16-12)5-4-8-18/h6-7,9-10,13,18H,8H2,1-3H3,(H,17,19). The van der Waals surface area contributed by atoms with Crippen molar-refractivity contribution >= 4 is 11.9 Å². The Bertz CT molecular complexity index is 555. The Balaban J connectivity index is 2.81. The molecule has 0 radical (unpaired) electrons. The second kappa shape index (κ2) is 8.02. The molecule has 0 fully saturated rings. The number of hydrogen-bond donors (Lipinski definition) is 2. The number of carbonyl (C=O) groups excluding carboxylic acids is 2. The highest BCUT2D eigenvalue weighted by Gasteiger charge is 2.25. The molecule has 1 rings (SSSR count). The Hall–Kier alpha value is -2.39. The fourth-order valence-corrected chi connectivity index (χ4v) is 1.58. The average molecular weight is 290 g/mol. The van der Waals surface area contributed by atoms with Crippen LogP contribution in [-0.4, -0.2) is 41.7 Å². The van der Waals surface area contributed by atoms with Crippen LogP contribution in [-0.2, 0) is 9.53 Å². The zero-order chi connectivity index (χ0) is 15.8. The summed E-state index contributed by atoms with van der Waals surface area (Å²) in [7, 11) is 1.27. The van der Waals surface area contributed by atoms with Gasteiger partial charge in [0.1, 0.15) is 18.3 Å². The number of carbonyl (C=O) groups is 2. The third kappa shape index (κ3) is 4.89. The van der Waals surface area contributed by atoms with E-state index < -0.39 is 17.9 Å². The first-order valence-corrected chi connectivity index (χ1v) is 6.44. The van der Waals surface area contributed by atoms with Crippen molar-refractivity contribution in [3.8, 4) is 11.8 Å². The van der Waals surface area contributed by atoms with Gasteiger partial charge < -0.3 is 15.2 Å². The molecule has 2 N–H and O–H groups in total. The maximum atomic E-state index is 12.0. The number of nitrogens with zero attached hydrogens (tertiary/aromatic N) is 1. The van der Waals surface area contributed by atoms with Crippen molar-refractivity contribution in [2.24, 2.45) is 5.92 Å². The van der Waals surface area contributed by atoms with Gasteiger partial charge in [0.25, 0.3) is 5.91 Å². The Kier molecular flexibility index (Phi) is 6.37. The number of ether oxygens (including phenoxy) is 1. The highest BCUT2D eigenvalue weighted by molar-refractivity contribution is 5.95. The largest absolute Gasteiger partial charge is 0.467 e. The smallest absolute Gasteiger partial charge is 0.328 e. The second-order valence-corrected chi connectivity index (χ2v) is 4.61. The molecule has 0 bridgehead atoms. The molecule has 21 heavy (non-hydrogen) atoms. The Morgan fingerprint density at radius 1 is 1.43 bits per heavy atom. The SMILES string of the molecule is COC(=O)C(NC(=O)c1ccc(C#CCO)cn1)C(C)C. The molecule has 6 nitrogen and oxygen atoms in total. The molecule has 112 valence electrons. The van der Waals surface area contributed by atoms with Crippen LogP contribution in [0, 0.1) is 17.8 Å². The molecule has 0 aliphatic carbocycles. The van der Waals surface area contributed by atoms with E-state index in [2.05, 4.69) is 26.9 Å². The van der Waals surface area contributed by atoms with Gasteiger partial charge in [-0.25, -0.2) is 9.78 Å². The van der Waals surface area contributed by atoms with Crippen molar-refractivity contribution in [1.29, 1.82) is 0 Å². The van der Waals surface area contributed by atoms with Gasteiger partial charge in [0, 0.05) is 11.8 Å².